The van der Waals surface area contributed by atoms with Crippen LogP contribution in [0.1, 0.15) is 31.5 Å². The number of aromatic nitrogens is 2. The molecule has 4 rings (SSSR count). The lowest BCUT2D eigenvalue weighted by Gasteiger charge is -2.20. The van der Waals surface area contributed by atoms with Gasteiger partial charge in [0.1, 0.15) is 13.2 Å². The fraction of sp³-hybridized carbons (Fsp3) is 0.500. The molecule has 0 spiro atoms. The minimum Gasteiger partial charge on any atom is -0.493 e. The Morgan fingerprint density at radius 3 is 2.67 bits per heavy atom. The maximum atomic E-state index is 6.38. The molecule has 0 atom stereocenters. The van der Waals surface area contributed by atoms with Crippen LogP contribution < -0.4 is 19.9 Å². The molecule has 1 aromatic carbocycles. The van der Waals surface area contributed by atoms with Gasteiger partial charge in [0.15, 0.2) is 17.3 Å². The third kappa shape index (κ3) is 2.78. The quantitative estimate of drug-likeness (QED) is 0.906. The zero-order valence-corrected chi connectivity index (χ0v) is 14.2. The molecule has 2 N–H and O–H groups in total. The molecule has 24 heavy (non-hydrogen) atoms. The van der Waals surface area contributed by atoms with E-state index < -0.39 is 5.54 Å². The van der Waals surface area contributed by atoms with Gasteiger partial charge in [0.2, 0.25) is 5.75 Å². The van der Waals surface area contributed by atoms with Crippen molar-refractivity contribution in [2.24, 2.45) is 5.73 Å². The number of rotatable bonds is 3. The molecule has 0 saturated heterocycles. The first-order valence-corrected chi connectivity index (χ1v) is 7.81. The Labute approximate surface area is 145 Å². The molecule has 2 heterocycles. The molecule has 0 amide bonds. The number of nitrogens with two attached hydrogens (primary N) is 1. The number of hydrogen-bond donors (Lipinski definition) is 1. The van der Waals surface area contributed by atoms with Crippen molar-refractivity contribution in [1.29, 1.82) is 0 Å². The number of nitrogens with zero attached hydrogens (tertiary/aromatic N) is 2. The van der Waals surface area contributed by atoms with Gasteiger partial charge in [-0.1, -0.05) is 18.0 Å². The molecule has 2 aliphatic rings. The van der Waals surface area contributed by atoms with Crippen LogP contribution in [-0.2, 0) is 5.54 Å². The van der Waals surface area contributed by atoms with Gasteiger partial charge in [0.25, 0.3) is 5.89 Å². The summed E-state index contributed by atoms with van der Waals surface area (Å²) < 4.78 is 22.0. The molecule has 1 saturated carbocycles. The molecule has 130 valence electrons. The van der Waals surface area contributed by atoms with E-state index in [1.807, 2.05) is 12.1 Å². The standard InChI is InChI=1S/C16H19N3O4.ClH/c1-20-11-8-10(9-12-13(11)22-7-6-21-12)14-18-15(19-23-14)16(17)4-2-3-5-16;/h8-9H,2-7,17H2,1H3;1H. The Hall–Kier alpha value is -1.99. The molecule has 0 radical (unpaired) electrons. The number of ether oxygens (including phenoxy) is 3. The second-order valence-electron chi connectivity index (χ2n) is 5.99. The van der Waals surface area contributed by atoms with Gasteiger partial charge < -0.3 is 24.5 Å². The van der Waals surface area contributed by atoms with Gasteiger partial charge in [-0.05, 0) is 25.0 Å². The van der Waals surface area contributed by atoms with Crippen LogP contribution in [-0.4, -0.2) is 30.5 Å². The average Bonchev–Trinajstić information content (AvgIpc) is 3.24. The van der Waals surface area contributed by atoms with Gasteiger partial charge in [-0.3, -0.25) is 0 Å². The number of halogens is 1. The van der Waals surface area contributed by atoms with Crippen LogP contribution in [0, 0.1) is 0 Å². The molecule has 1 aliphatic heterocycles. The normalized spacial score (nSPS) is 18.1. The lowest BCUT2D eigenvalue weighted by Crippen LogP contribution is -2.34. The van der Waals surface area contributed by atoms with E-state index in [-0.39, 0.29) is 12.4 Å². The van der Waals surface area contributed by atoms with Crippen LogP contribution in [0.2, 0.25) is 0 Å². The Morgan fingerprint density at radius 2 is 1.92 bits per heavy atom. The monoisotopic (exact) mass is 353 g/mol. The molecule has 0 unspecified atom stereocenters. The van der Waals surface area contributed by atoms with Gasteiger partial charge >= 0.3 is 0 Å². The van der Waals surface area contributed by atoms with Crippen molar-refractivity contribution in [3.05, 3.63) is 18.0 Å². The van der Waals surface area contributed by atoms with E-state index >= 15 is 0 Å². The van der Waals surface area contributed by atoms with Crippen LogP contribution in [0.3, 0.4) is 0 Å². The zero-order chi connectivity index (χ0) is 15.9. The topological polar surface area (TPSA) is 92.6 Å². The van der Waals surface area contributed by atoms with Crippen LogP contribution in [0.4, 0.5) is 0 Å². The second-order valence-corrected chi connectivity index (χ2v) is 5.99. The third-order valence-corrected chi connectivity index (χ3v) is 4.44. The molecule has 2 aromatic rings. The maximum absolute atomic E-state index is 6.38. The average molecular weight is 354 g/mol. The number of fused-ring (bicyclic) bond motifs is 1. The minimum atomic E-state index is -0.473. The van der Waals surface area contributed by atoms with Crippen molar-refractivity contribution < 1.29 is 18.7 Å². The molecule has 1 aliphatic carbocycles. The lowest BCUT2D eigenvalue weighted by atomic mass is 9.99. The molecule has 1 fully saturated rings. The Bertz CT molecular complexity index is 711. The summed E-state index contributed by atoms with van der Waals surface area (Å²) in [5.41, 5.74) is 6.64. The summed E-state index contributed by atoms with van der Waals surface area (Å²) in [5.74, 6) is 2.79. The van der Waals surface area contributed by atoms with Crippen LogP contribution >= 0.6 is 12.4 Å². The fourth-order valence-electron chi connectivity index (χ4n) is 3.17. The van der Waals surface area contributed by atoms with Crippen molar-refractivity contribution in [1.82, 2.24) is 10.1 Å². The highest BCUT2D eigenvalue weighted by atomic mass is 35.5. The zero-order valence-electron chi connectivity index (χ0n) is 13.4. The summed E-state index contributed by atoms with van der Waals surface area (Å²) in [6.07, 6.45) is 3.96. The third-order valence-electron chi connectivity index (χ3n) is 4.44. The van der Waals surface area contributed by atoms with Gasteiger partial charge in [-0.2, -0.15) is 4.98 Å². The number of hydrogen-bond acceptors (Lipinski definition) is 7. The summed E-state index contributed by atoms with van der Waals surface area (Å²) in [6.45, 7) is 1.00. The summed E-state index contributed by atoms with van der Waals surface area (Å²) in [4.78, 5) is 4.50. The van der Waals surface area contributed by atoms with Gasteiger partial charge in [0.05, 0.1) is 12.6 Å². The Balaban J connectivity index is 0.00000169. The summed E-state index contributed by atoms with van der Waals surface area (Å²) in [6, 6.07) is 3.63. The van der Waals surface area contributed by atoms with Crippen molar-refractivity contribution >= 4 is 12.4 Å². The van der Waals surface area contributed by atoms with Crippen LogP contribution in [0.5, 0.6) is 17.2 Å². The molecular formula is C16H20ClN3O4. The predicted octanol–water partition coefficient (Wildman–Crippen LogP) is 2.67. The van der Waals surface area contributed by atoms with Gasteiger partial charge in [-0.15, -0.1) is 12.4 Å². The minimum absolute atomic E-state index is 0. The van der Waals surface area contributed by atoms with E-state index in [0.29, 0.717) is 42.2 Å². The molecule has 0 bridgehead atoms. The smallest absolute Gasteiger partial charge is 0.258 e. The van der Waals surface area contributed by atoms with Crippen LogP contribution in [0.15, 0.2) is 16.7 Å². The van der Waals surface area contributed by atoms with Crippen molar-refractivity contribution in [2.45, 2.75) is 31.2 Å². The van der Waals surface area contributed by atoms with E-state index in [4.69, 9.17) is 24.5 Å². The van der Waals surface area contributed by atoms with Crippen molar-refractivity contribution in [3.8, 4) is 28.7 Å². The van der Waals surface area contributed by atoms with E-state index in [9.17, 15) is 0 Å². The Kier molecular flexibility index (Phi) is 4.56. The van der Waals surface area contributed by atoms with E-state index in [1.165, 1.54) is 0 Å². The number of benzene rings is 1. The van der Waals surface area contributed by atoms with E-state index in [0.717, 1.165) is 31.2 Å². The number of methoxy groups -OCH3 is 1. The predicted molar refractivity (Wildman–Crippen MR) is 88.9 cm³/mol. The lowest BCUT2D eigenvalue weighted by molar-refractivity contribution is 0.165. The van der Waals surface area contributed by atoms with Crippen molar-refractivity contribution in [3.63, 3.8) is 0 Å². The Morgan fingerprint density at radius 1 is 1.17 bits per heavy atom. The molecular weight excluding hydrogens is 334 g/mol. The largest absolute Gasteiger partial charge is 0.493 e. The van der Waals surface area contributed by atoms with E-state index in [2.05, 4.69) is 10.1 Å². The van der Waals surface area contributed by atoms with Gasteiger partial charge in [0, 0.05) is 5.56 Å². The van der Waals surface area contributed by atoms with E-state index in [1.54, 1.807) is 7.11 Å². The van der Waals surface area contributed by atoms with Crippen molar-refractivity contribution in [2.75, 3.05) is 20.3 Å². The second kappa shape index (κ2) is 6.49. The first kappa shape index (κ1) is 16.9. The summed E-state index contributed by atoms with van der Waals surface area (Å²) in [7, 11) is 1.59. The summed E-state index contributed by atoms with van der Waals surface area (Å²) >= 11 is 0. The molecule has 7 nitrogen and oxygen atoms in total. The first-order valence-electron chi connectivity index (χ1n) is 7.81. The molecule has 1 aromatic heterocycles. The van der Waals surface area contributed by atoms with Crippen LogP contribution in [0.25, 0.3) is 11.5 Å². The highest BCUT2D eigenvalue weighted by Crippen LogP contribution is 2.43. The molecule has 8 heteroatoms. The fourth-order valence-corrected chi connectivity index (χ4v) is 3.17. The SMILES string of the molecule is COc1cc(-c2nc(C3(N)CCCC3)no2)cc2c1OCCO2.Cl. The highest BCUT2D eigenvalue weighted by Gasteiger charge is 2.36. The highest BCUT2D eigenvalue weighted by molar-refractivity contribution is 5.85. The first-order chi connectivity index (χ1) is 11.2. The summed E-state index contributed by atoms with van der Waals surface area (Å²) in [5, 5.41) is 4.09. The maximum Gasteiger partial charge on any atom is 0.258 e. The van der Waals surface area contributed by atoms with Gasteiger partial charge in [-0.25, -0.2) is 0 Å².